The van der Waals surface area contributed by atoms with Crippen LogP contribution in [-0.4, -0.2) is 11.8 Å². The Morgan fingerprint density at radius 1 is 1.33 bits per heavy atom. The highest BCUT2D eigenvalue weighted by Gasteiger charge is 2.75. The fraction of sp³-hybridized carbons (Fsp3) is 0.385. The number of amides is 2. The molecule has 1 saturated carbocycles. The number of benzene rings is 1. The Morgan fingerprint density at radius 3 is 2.50 bits per heavy atom. The van der Waals surface area contributed by atoms with Gasteiger partial charge in [-0.3, -0.25) is 14.9 Å². The fourth-order valence-electron chi connectivity index (χ4n) is 3.32. The Morgan fingerprint density at radius 2 is 1.94 bits per heavy atom. The average molecular weight is 312 g/mol. The topological polar surface area (TPSA) is 46.2 Å². The van der Waals surface area contributed by atoms with Gasteiger partial charge in [0.1, 0.15) is 5.82 Å². The van der Waals surface area contributed by atoms with Crippen molar-refractivity contribution in [3.8, 4) is 0 Å². The van der Waals surface area contributed by atoms with Crippen LogP contribution >= 0.6 is 15.9 Å². The number of piperidine rings is 1. The van der Waals surface area contributed by atoms with Crippen molar-refractivity contribution in [2.75, 3.05) is 0 Å². The smallest absolute Gasteiger partial charge is 0.231 e. The number of carbonyl (C=O) groups excluding carboxylic acids is 2. The van der Waals surface area contributed by atoms with E-state index in [0.717, 1.165) is 0 Å². The van der Waals surface area contributed by atoms with Gasteiger partial charge in [-0.05, 0) is 34.0 Å². The summed E-state index contributed by atoms with van der Waals surface area (Å²) >= 11 is 3.15. The molecule has 3 rings (SSSR count). The van der Waals surface area contributed by atoms with E-state index < -0.39 is 17.3 Å². The quantitative estimate of drug-likeness (QED) is 0.851. The molecule has 2 aliphatic rings. The van der Waals surface area contributed by atoms with Crippen LogP contribution in [0.3, 0.4) is 0 Å². The Bertz CT molecular complexity index is 552. The molecule has 5 heteroatoms. The standard InChI is InChI=1S/C13H11BrFNO2/c1-2-13(6-4-3-5-7(14)10(6)15)8-9(13)12(18)16-11(8)17/h3-5,8-9H,2H2,1H3,(H,16,17,18). The van der Waals surface area contributed by atoms with Crippen LogP contribution in [0.15, 0.2) is 22.7 Å². The first kappa shape index (κ1) is 11.8. The minimum atomic E-state index is -0.646. The maximum atomic E-state index is 14.2. The van der Waals surface area contributed by atoms with Crippen LogP contribution in [0.4, 0.5) is 4.39 Å². The molecule has 94 valence electrons. The highest BCUT2D eigenvalue weighted by molar-refractivity contribution is 9.10. The molecule has 3 nitrogen and oxygen atoms in total. The average Bonchev–Trinajstić information content (AvgIpc) is 2.93. The van der Waals surface area contributed by atoms with Crippen molar-refractivity contribution in [1.82, 2.24) is 5.32 Å². The van der Waals surface area contributed by atoms with Crippen LogP contribution in [0, 0.1) is 17.7 Å². The van der Waals surface area contributed by atoms with Gasteiger partial charge >= 0.3 is 0 Å². The van der Waals surface area contributed by atoms with Gasteiger partial charge in [0.05, 0.1) is 16.3 Å². The Labute approximate surface area is 112 Å². The van der Waals surface area contributed by atoms with Crippen LogP contribution in [-0.2, 0) is 15.0 Å². The van der Waals surface area contributed by atoms with E-state index in [2.05, 4.69) is 21.2 Å². The van der Waals surface area contributed by atoms with Gasteiger partial charge in [-0.15, -0.1) is 0 Å². The number of nitrogens with one attached hydrogen (secondary N) is 1. The third-order valence-electron chi connectivity index (χ3n) is 4.18. The van der Waals surface area contributed by atoms with Crippen molar-refractivity contribution in [3.63, 3.8) is 0 Å². The molecule has 2 fully saturated rings. The number of fused-ring (bicyclic) bond motifs is 1. The van der Waals surface area contributed by atoms with Gasteiger partial charge in [-0.25, -0.2) is 4.39 Å². The molecule has 0 radical (unpaired) electrons. The summed E-state index contributed by atoms with van der Waals surface area (Å²) in [7, 11) is 0. The van der Waals surface area contributed by atoms with Gasteiger partial charge < -0.3 is 0 Å². The molecular weight excluding hydrogens is 301 g/mol. The number of hydrogen-bond donors (Lipinski definition) is 1. The summed E-state index contributed by atoms with van der Waals surface area (Å²) in [6.45, 7) is 1.89. The van der Waals surface area contributed by atoms with E-state index in [1.54, 1.807) is 18.2 Å². The van der Waals surface area contributed by atoms with E-state index in [1.807, 2.05) is 6.92 Å². The predicted molar refractivity (Wildman–Crippen MR) is 66.2 cm³/mol. The van der Waals surface area contributed by atoms with Crippen molar-refractivity contribution >= 4 is 27.7 Å². The molecule has 0 aromatic heterocycles. The normalized spacial score (nSPS) is 33.3. The van der Waals surface area contributed by atoms with E-state index >= 15 is 0 Å². The number of imide groups is 1. The maximum absolute atomic E-state index is 14.2. The molecule has 1 aliphatic heterocycles. The first-order valence-corrected chi connectivity index (χ1v) is 6.62. The summed E-state index contributed by atoms with van der Waals surface area (Å²) in [5.41, 5.74) is -0.176. The van der Waals surface area contributed by atoms with Crippen LogP contribution in [0.2, 0.25) is 0 Å². The molecule has 1 heterocycles. The third-order valence-corrected chi connectivity index (χ3v) is 4.80. The molecule has 1 saturated heterocycles. The lowest BCUT2D eigenvalue weighted by atomic mass is 9.87. The second-order valence-corrected chi connectivity index (χ2v) is 5.66. The molecule has 2 unspecified atom stereocenters. The number of hydrogen-bond acceptors (Lipinski definition) is 2. The molecular formula is C13H11BrFNO2. The van der Waals surface area contributed by atoms with Gasteiger partial charge in [0, 0.05) is 5.41 Å². The van der Waals surface area contributed by atoms with Gasteiger partial charge in [-0.1, -0.05) is 19.1 Å². The van der Waals surface area contributed by atoms with E-state index in [-0.39, 0.29) is 17.6 Å². The zero-order valence-corrected chi connectivity index (χ0v) is 11.3. The van der Waals surface area contributed by atoms with Crippen molar-refractivity contribution < 1.29 is 14.0 Å². The molecule has 1 aliphatic carbocycles. The van der Waals surface area contributed by atoms with E-state index in [4.69, 9.17) is 0 Å². The summed E-state index contributed by atoms with van der Waals surface area (Å²) in [6.07, 6.45) is 0.578. The molecule has 2 amide bonds. The molecule has 0 spiro atoms. The second kappa shape index (κ2) is 3.63. The zero-order valence-electron chi connectivity index (χ0n) is 9.67. The Hall–Kier alpha value is -1.23. The summed E-state index contributed by atoms with van der Waals surface area (Å²) in [4.78, 5) is 23.4. The zero-order chi connectivity index (χ0) is 13.1. The van der Waals surface area contributed by atoms with Crippen molar-refractivity contribution in [3.05, 3.63) is 34.1 Å². The fourth-order valence-corrected chi connectivity index (χ4v) is 3.68. The van der Waals surface area contributed by atoms with Gasteiger partial charge in [0.15, 0.2) is 0 Å². The van der Waals surface area contributed by atoms with Gasteiger partial charge in [0.2, 0.25) is 11.8 Å². The molecule has 1 aromatic carbocycles. The minimum absolute atomic E-state index is 0.272. The van der Waals surface area contributed by atoms with Crippen LogP contribution in [0.25, 0.3) is 0 Å². The monoisotopic (exact) mass is 311 g/mol. The Balaban J connectivity index is 2.13. The maximum Gasteiger partial charge on any atom is 0.231 e. The summed E-state index contributed by atoms with van der Waals surface area (Å²) < 4.78 is 14.6. The largest absolute Gasteiger partial charge is 0.296 e. The predicted octanol–water partition coefficient (Wildman–Crippen LogP) is 2.14. The second-order valence-electron chi connectivity index (χ2n) is 4.80. The lowest BCUT2D eigenvalue weighted by molar-refractivity contribution is -0.128. The number of halogens is 2. The highest BCUT2D eigenvalue weighted by atomic mass is 79.9. The first-order valence-electron chi connectivity index (χ1n) is 5.83. The third kappa shape index (κ3) is 1.23. The lowest BCUT2D eigenvalue weighted by Crippen LogP contribution is -2.34. The molecule has 18 heavy (non-hydrogen) atoms. The van der Waals surface area contributed by atoms with Crippen LogP contribution in [0.5, 0.6) is 0 Å². The Kier molecular flexibility index (Phi) is 2.39. The molecule has 1 N–H and O–H groups in total. The van der Waals surface area contributed by atoms with Crippen LogP contribution in [0.1, 0.15) is 18.9 Å². The SMILES string of the molecule is CCC1(c2cccc(Br)c2F)C2C(=O)NC(=O)C21. The summed E-state index contributed by atoms with van der Waals surface area (Å²) in [5.74, 6) is -1.72. The van der Waals surface area contributed by atoms with Crippen molar-refractivity contribution in [2.24, 2.45) is 11.8 Å². The van der Waals surface area contributed by atoms with Crippen molar-refractivity contribution in [1.29, 1.82) is 0 Å². The van der Waals surface area contributed by atoms with Crippen LogP contribution < -0.4 is 5.32 Å². The van der Waals surface area contributed by atoms with Gasteiger partial charge in [-0.2, -0.15) is 0 Å². The summed E-state index contributed by atoms with van der Waals surface area (Å²) in [6, 6.07) is 5.01. The van der Waals surface area contributed by atoms with E-state index in [0.29, 0.717) is 16.5 Å². The number of rotatable bonds is 2. The molecule has 2 atom stereocenters. The minimum Gasteiger partial charge on any atom is -0.296 e. The molecule has 0 bridgehead atoms. The number of carbonyl (C=O) groups is 2. The van der Waals surface area contributed by atoms with Crippen molar-refractivity contribution in [2.45, 2.75) is 18.8 Å². The van der Waals surface area contributed by atoms with E-state index in [1.165, 1.54) is 0 Å². The van der Waals surface area contributed by atoms with Gasteiger partial charge in [0.25, 0.3) is 0 Å². The highest BCUT2D eigenvalue weighted by Crippen LogP contribution is 2.65. The summed E-state index contributed by atoms with van der Waals surface area (Å²) in [5, 5.41) is 2.30. The first-order chi connectivity index (χ1) is 8.54. The lowest BCUT2D eigenvalue weighted by Gasteiger charge is -2.20. The molecule has 1 aromatic rings. The van der Waals surface area contributed by atoms with E-state index in [9.17, 15) is 14.0 Å².